The zero-order valence-electron chi connectivity index (χ0n) is 11.1. The summed E-state index contributed by atoms with van der Waals surface area (Å²) in [5.41, 5.74) is 1.17. The van der Waals surface area contributed by atoms with E-state index in [9.17, 15) is 4.79 Å². The molecule has 3 heteroatoms. The van der Waals surface area contributed by atoms with Crippen molar-refractivity contribution in [2.75, 3.05) is 13.1 Å². The van der Waals surface area contributed by atoms with E-state index >= 15 is 0 Å². The molecule has 0 aliphatic carbocycles. The van der Waals surface area contributed by atoms with Crippen molar-refractivity contribution in [2.24, 2.45) is 0 Å². The van der Waals surface area contributed by atoms with E-state index in [1.165, 1.54) is 5.56 Å². The third kappa shape index (κ3) is 5.64. The molecular weight excluding hydrogens is 224 g/mol. The van der Waals surface area contributed by atoms with E-state index in [0.29, 0.717) is 6.54 Å². The molecule has 2 N–H and O–H groups in total. The van der Waals surface area contributed by atoms with E-state index in [0.717, 1.165) is 13.0 Å². The lowest BCUT2D eigenvalue weighted by molar-refractivity contribution is -0.122. The molecule has 18 heavy (non-hydrogen) atoms. The van der Waals surface area contributed by atoms with Crippen molar-refractivity contribution in [2.45, 2.75) is 26.3 Å². The molecule has 0 radical (unpaired) electrons. The highest BCUT2D eigenvalue weighted by atomic mass is 16.2. The molecule has 0 spiro atoms. The zero-order chi connectivity index (χ0) is 13.2. The molecule has 1 unspecified atom stereocenters. The van der Waals surface area contributed by atoms with Crippen LogP contribution in [0.15, 0.2) is 36.4 Å². The Balaban J connectivity index is 2.25. The molecule has 98 valence electrons. The van der Waals surface area contributed by atoms with Crippen molar-refractivity contribution in [1.82, 2.24) is 10.6 Å². The van der Waals surface area contributed by atoms with Gasteiger partial charge in [-0.1, -0.05) is 49.4 Å². The van der Waals surface area contributed by atoms with Gasteiger partial charge >= 0.3 is 0 Å². The molecule has 0 aliphatic rings. The first kappa shape index (κ1) is 14.5. The maximum absolute atomic E-state index is 11.6. The molecule has 0 heterocycles. The van der Waals surface area contributed by atoms with Crippen molar-refractivity contribution in [3.8, 4) is 0 Å². The Kier molecular flexibility index (Phi) is 6.81. The number of carbonyl (C=O) groups excluding carboxylic acids is 1. The van der Waals surface area contributed by atoms with Gasteiger partial charge in [0.25, 0.3) is 0 Å². The van der Waals surface area contributed by atoms with Gasteiger partial charge in [-0.2, -0.15) is 0 Å². The van der Waals surface area contributed by atoms with Crippen LogP contribution in [-0.4, -0.2) is 25.0 Å². The Hall–Kier alpha value is -1.61. The van der Waals surface area contributed by atoms with E-state index in [1.54, 1.807) is 0 Å². The minimum Gasteiger partial charge on any atom is -0.355 e. The van der Waals surface area contributed by atoms with Crippen molar-refractivity contribution in [3.05, 3.63) is 42.0 Å². The van der Waals surface area contributed by atoms with Crippen LogP contribution in [-0.2, 0) is 4.79 Å². The fraction of sp³-hybridized carbons (Fsp3) is 0.400. The highest BCUT2D eigenvalue weighted by Crippen LogP contribution is 2.00. The van der Waals surface area contributed by atoms with Gasteiger partial charge in [0.1, 0.15) is 0 Å². The van der Waals surface area contributed by atoms with Crippen molar-refractivity contribution in [3.63, 3.8) is 0 Å². The van der Waals surface area contributed by atoms with Gasteiger partial charge in [-0.25, -0.2) is 0 Å². The summed E-state index contributed by atoms with van der Waals surface area (Å²) in [5, 5.41) is 6.03. The number of hydrogen-bond acceptors (Lipinski definition) is 2. The normalized spacial score (nSPS) is 12.6. The van der Waals surface area contributed by atoms with Crippen LogP contribution < -0.4 is 10.6 Å². The van der Waals surface area contributed by atoms with Crippen LogP contribution in [0.3, 0.4) is 0 Å². The van der Waals surface area contributed by atoms with Gasteiger partial charge in [0.15, 0.2) is 0 Å². The van der Waals surface area contributed by atoms with E-state index in [1.807, 2.05) is 56.3 Å². The van der Waals surface area contributed by atoms with Crippen molar-refractivity contribution < 1.29 is 4.79 Å². The molecule has 0 aromatic heterocycles. The number of benzene rings is 1. The largest absolute Gasteiger partial charge is 0.355 e. The van der Waals surface area contributed by atoms with Gasteiger partial charge in [-0.3, -0.25) is 4.79 Å². The molecule has 0 bridgehead atoms. The van der Waals surface area contributed by atoms with E-state index in [2.05, 4.69) is 10.6 Å². The van der Waals surface area contributed by atoms with E-state index in [-0.39, 0.29) is 11.9 Å². The Labute approximate surface area is 109 Å². The van der Waals surface area contributed by atoms with Crippen LogP contribution >= 0.6 is 0 Å². The summed E-state index contributed by atoms with van der Waals surface area (Å²) < 4.78 is 0. The van der Waals surface area contributed by atoms with Crippen LogP contribution in [0, 0.1) is 0 Å². The summed E-state index contributed by atoms with van der Waals surface area (Å²) in [6, 6.07) is 9.95. The van der Waals surface area contributed by atoms with Crippen molar-refractivity contribution >= 4 is 12.0 Å². The zero-order valence-corrected chi connectivity index (χ0v) is 11.1. The monoisotopic (exact) mass is 246 g/mol. The minimum absolute atomic E-state index is 0.0601. The first-order chi connectivity index (χ1) is 8.74. The van der Waals surface area contributed by atoms with Gasteiger partial charge in [0, 0.05) is 13.1 Å². The molecule has 1 amide bonds. The van der Waals surface area contributed by atoms with Crippen LogP contribution in [0.5, 0.6) is 0 Å². The SMILES string of the molecule is CCCNC(=O)C(C)NC/C=C/c1ccccc1. The van der Waals surface area contributed by atoms with Gasteiger partial charge in [-0.15, -0.1) is 0 Å². The maximum Gasteiger partial charge on any atom is 0.236 e. The Morgan fingerprint density at radius 3 is 2.72 bits per heavy atom. The topological polar surface area (TPSA) is 41.1 Å². The second-order valence-corrected chi connectivity index (χ2v) is 4.23. The molecule has 0 saturated carbocycles. The highest BCUT2D eigenvalue weighted by molar-refractivity contribution is 5.81. The van der Waals surface area contributed by atoms with Crippen LogP contribution in [0.2, 0.25) is 0 Å². The fourth-order valence-corrected chi connectivity index (χ4v) is 1.50. The summed E-state index contributed by atoms with van der Waals surface area (Å²) in [4.78, 5) is 11.6. The highest BCUT2D eigenvalue weighted by Gasteiger charge is 2.09. The second-order valence-electron chi connectivity index (χ2n) is 4.23. The Bertz CT molecular complexity index is 373. The first-order valence-electron chi connectivity index (χ1n) is 6.46. The smallest absolute Gasteiger partial charge is 0.236 e. The van der Waals surface area contributed by atoms with E-state index in [4.69, 9.17) is 0 Å². The standard InChI is InChI=1S/C15H22N2O/c1-3-11-17-15(18)13(2)16-12-7-10-14-8-5-4-6-9-14/h4-10,13,16H,3,11-12H2,1-2H3,(H,17,18)/b10-7+. The average Bonchev–Trinajstić information content (AvgIpc) is 2.41. The van der Waals surface area contributed by atoms with Gasteiger partial charge < -0.3 is 10.6 Å². The molecule has 1 rings (SSSR count). The maximum atomic E-state index is 11.6. The molecular formula is C15H22N2O. The quantitative estimate of drug-likeness (QED) is 0.774. The summed E-state index contributed by atoms with van der Waals surface area (Å²) in [6.45, 7) is 5.35. The Morgan fingerprint density at radius 2 is 2.06 bits per heavy atom. The lowest BCUT2D eigenvalue weighted by atomic mass is 10.2. The number of hydrogen-bond donors (Lipinski definition) is 2. The fourth-order valence-electron chi connectivity index (χ4n) is 1.50. The third-order valence-electron chi connectivity index (χ3n) is 2.59. The summed E-state index contributed by atoms with van der Waals surface area (Å²) in [5.74, 6) is 0.0601. The number of amides is 1. The summed E-state index contributed by atoms with van der Waals surface area (Å²) in [7, 11) is 0. The van der Waals surface area contributed by atoms with Crippen molar-refractivity contribution in [1.29, 1.82) is 0 Å². The minimum atomic E-state index is -0.156. The number of rotatable bonds is 7. The third-order valence-corrected chi connectivity index (χ3v) is 2.59. The van der Waals surface area contributed by atoms with E-state index < -0.39 is 0 Å². The Morgan fingerprint density at radius 1 is 1.33 bits per heavy atom. The van der Waals surface area contributed by atoms with Gasteiger partial charge in [0.05, 0.1) is 6.04 Å². The summed E-state index contributed by atoms with van der Waals surface area (Å²) in [6.07, 6.45) is 5.04. The molecule has 1 atom stereocenters. The average molecular weight is 246 g/mol. The van der Waals surface area contributed by atoms with Crippen LogP contribution in [0.25, 0.3) is 6.08 Å². The second kappa shape index (κ2) is 8.48. The van der Waals surface area contributed by atoms with Gasteiger partial charge in [0.2, 0.25) is 5.91 Å². The predicted octanol–water partition coefficient (Wildman–Crippen LogP) is 2.20. The lowest BCUT2D eigenvalue weighted by Gasteiger charge is -2.12. The summed E-state index contributed by atoms with van der Waals surface area (Å²) >= 11 is 0. The van der Waals surface area contributed by atoms with Gasteiger partial charge in [-0.05, 0) is 18.9 Å². The van der Waals surface area contributed by atoms with Crippen LogP contribution in [0.4, 0.5) is 0 Å². The molecule has 0 saturated heterocycles. The van der Waals surface area contributed by atoms with Crippen LogP contribution in [0.1, 0.15) is 25.8 Å². The molecule has 1 aromatic rings. The molecule has 0 fully saturated rings. The number of carbonyl (C=O) groups is 1. The molecule has 3 nitrogen and oxygen atoms in total. The number of nitrogens with one attached hydrogen (secondary N) is 2. The molecule has 1 aromatic carbocycles. The predicted molar refractivity (Wildman–Crippen MR) is 76.2 cm³/mol. The first-order valence-corrected chi connectivity index (χ1v) is 6.46. The lowest BCUT2D eigenvalue weighted by Crippen LogP contribution is -2.42. The molecule has 0 aliphatic heterocycles.